The maximum Gasteiger partial charge on any atom is 0.260 e. The average Bonchev–Trinajstić information content (AvgIpc) is 2.77. The number of hydrogen-bond donors (Lipinski definition) is 0. The molecule has 0 radical (unpaired) electrons. The predicted molar refractivity (Wildman–Crippen MR) is 110 cm³/mol. The summed E-state index contributed by atoms with van der Waals surface area (Å²) in [6, 6.07) is 16.0. The van der Waals surface area contributed by atoms with E-state index in [4.69, 9.17) is 21.6 Å². The van der Waals surface area contributed by atoms with E-state index in [0.717, 1.165) is 0 Å². The van der Waals surface area contributed by atoms with E-state index in [1.54, 1.807) is 58.3 Å². The van der Waals surface area contributed by atoms with Crippen LogP contribution in [0, 0.1) is 11.3 Å². The van der Waals surface area contributed by atoms with E-state index in [0.29, 0.717) is 48.1 Å². The zero-order valence-electron chi connectivity index (χ0n) is 15.8. The number of piperazine rings is 1. The molecule has 29 heavy (non-hydrogen) atoms. The molecule has 0 spiro atoms. The van der Waals surface area contributed by atoms with Gasteiger partial charge in [-0.15, -0.1) is 0 Å². The van der Waals surface area contributed by atoms with Crippen LogP contribution in [0.25, 0.3) is 6.08 Å². The number of nitrogens with zero attached hydrogens (tertiary/aromatic N) is 3. The van der Waals surface area contributed by atoms with Crippen molar-refractivity contribution in [2.75, 3.05) is 32.8 Å². The van der Waals surface area contributed by atoms with Crippen LogP contribution < -0.4 is 4.74 Å². The molecule has 2 aromatic carbocycles. The van der Waals surface area contributed by atoms with Crippen LogP contribution in [-0.4, -0.2) is 54.4 Å². The smallest absolute Gasteiger partial charge is 0.260 e. The van der Waals surface area contributed by atoms with E-state index in [2.05, 4.69) is 6.07 Å². The summed E-state index contributed by atoms with van der Waals surface area (Å²) in [6.45, 7) is 1.76. The van der Waals surface area contributed by atoms with Gasteiger partial charge in [0.15, 0.2) is 6.61 Å². The van der Waals surface area contributed by atoms with Gasteiger partial charge < -0.3 is 14.5 Å². The molecule has 1 fully saturated rings. The lowest BCUT2D eigenvalue weighted by Gasteiger charge is -2.34. The van der Waals surface area contributed by atoms with Crippen LogP contribution in [0.2, 0.25) is 5.02 Å². The molecule has 2 aromatic rings. The van der Waals surface area contributed by atoms with Crippen LogP contribution in [0.15, 0.2) is 54.6 Å². The fourth-order valence-corrected chi connectivity index (χ4v) is 3.08. The molecule has 0 atom stereocenters. The second kappa shape index (κ2) is 9.76. The van der Waals surface area contributed by atoms with Crippen molar-refractivity contribution in [3.8, 4) is 11.8 Å². The molecule has 7 heteroatoms. The maximum atomic E-state index is 12.4. The minimum atomic E-state index is -0.137. The standard InChI is InChI=1S/C22H20ClN3O3/c23-19-6-8-20(9-7-19)29-16-22(28)26-13-11-25(12-14-26)21(27)10-5-17-3-1-2-4-18(17)15-24/h1-10H,11-14,16H2/b10-5+. The van der Waals surface area contributed by atoms with Crippen LogP contribution in [0.3, 0.4) is 0 Å². The molecule has 0 aliphatic carbocycles. The number of rotatable bonds is 5. The lowest BCUT2D eigenvalue weighted by atomic mass is 10.1. The Bertz CT molecular complexity index is 943. The summed E-state index contributed by atoms with van der Waals surface area (Å²) in [5.41, 5.74) is 1.23. The van der Waals surface area contributed by atoms with Gasteiger partial charge >= 0.3 is 0 Å². The van der Waals surface area contributed by atoms with Gasteiger partial charge in [-0.3, -0.25) is 9.59 Å². The monoisotopic (exact) mass is 409 g/mol. The first-order valence-electron chi connectivity index (χ1n) is 9.19. The Morgan fingerprint density at radius 3 is 2.38 bits per heavy atom. The summed E-state index contributed by atoms with van der Waals surface area (Å²) in [5.74, 6) is 0.326. The molecule has 0 N–H and O–H groups in total. The van der Waals surface area contributed by atoms with E-state index >= 15 is 0 Å². The van der Waals surface area contributed by atoms with E-state index < -0.39 is 0 Å². The van der Waals surface area contributed by atoms with Crippen LogP contribution in [0.5, 0.6) is 5.75 Å². The summed E-state index contributed by atoms with van der Waals surface area (Å²) < 4.78 is 5.49. The third kappa shape index (κ3) is 5.59. The lowest BCUT2D eigenvalue weighted by molar-refractivity contribution is -0.138. The molecule has 6 nitrogen and oxygen atoms in total. The Balaban J connectivity index is 1.47. The molecule has 148 valence electrons. The Morgan fingerprint density at radius 1 is 1.03 bits per heavy atom. The third-order valence-corrected chi connectivity index (χ3v) is 4.86. The van der Waals surface area contributed by atoms with Gasteiger partial charge in [0.05, 0.1) is 11.6 Å². The van der Waals surface area contributed by atoms with Gasteiger partial charge in [0.1, 0.15) is 5.75 Å². The van der Waals surface area contributed by atoms with Crippen molar-refractivity contribution in [2.45, 2.75) is 0 Å². The van der Waals surface area contributed by atoms with E-state index in [-0.39, 0.29) is 18.4 Å². The SMILES string of the molecule is N#Cc1ccccc1/C=C/C(=O)N1CCN(C(=O)COc2ccc(Cl)cc2)CC1. The second-order valence-electron chi connectivity index (χ2n) is 6.48. The number of carbonyl (C=O) groups excluding carboxylic acids is 2. The van der Waals surface area contributed by atoms with Crippen LogP contribution in [-0.2, 0) is 9.59 Å². The molecular formula is C22H20ClN3O3. The zero-order valence-corrected chi connectivity index (χ0v) is 16.5. The largest absolute Gasteiger partial charge is 0.484 e. The summed E-state index contributed by atoms with van der Waals surface area (Å²) >= 11 is 5.83. The Morgan fingerprint density at radius 2 is 1.69 bits per heavy atom. The average molecular weight is 410 g/mol. The number of benzene rings is 2. The van der Waals surface area contributed by atoms with Gasteiger partial charge in [-0.05, 0) is 42.0 Å². The fourth-order valence-electron chi connectivity index (χ4n) is 2.95. The van der Waals surface area contributed by atoms with Gasteiger partial charge in [-0.25, -0.2) is 0 Å². The molecule has 1 aliphatic rings. The summed E-state index contributed by atoms with van der Waals surface area (Å²) in [6.07, 6.45) is 3.12. The normalized spacial score (nSPS) is 13.9. The van der Waals surface area contributed by atoms with Crippen molar-refractivity contribution in [3.05, 3.63) is 70.8 Å². The van der Waals surface area contributed by atoms with Crippen molar-refractivity contribution in [1.82, 2.24) is 9.80 Å². The molecule has 1 saturated heterocycles. The number of nitriles is 1. The lowest BCUT2D eigenvalue weighted by Crippen LogP contribution is -2.51. The highest BCUT2D eigenvalue weighted by atomic mass is 35.5. The maximum absolute atomic E-state index is 12.4. The van der Waals surface area contributed by atoms with Gasteiger partial charge in [0, 0.05) is 37.3 Å². The van der Waals surface area contributed by atoms with Crippen molar-refractivity contribution in [1.29, 1.82) is 5.26 Å². The van der Waals surface area contributed by atoms with Gasteiger partial charge in [0.2, 0.25) is 5.91 Å². The predicted octanol–water partition coefficient (Wildman–Crippen LogP) is 2.97. The van der Waals surface area contributed by atoms with Gasteiger partial charge in [0.25, 0.3) is 5.91 Å². The van der Waals surface area contributed by atoms with Crippen molar-refractivity contribution in [2.24, 2.45) is 0 Å². The topological polar surface area (TPSA) is 73.6 Å². The molecule has 0 saturated carbocycles. The van der Waals surface area contributed by atoms with Crippen molar-refractivity contribution < 1.29 is 14.3 Å². The second-order valence-corrected chi connectivity index (χ2v) is 6.92. The third-order valence-electron chi connectivity index (χ3n) is 4.61. The highest BCUT2D eigenvalue weighted by Crippen LogP contribution is 2.16. The molecule has 1 aliphatic heterocycles. The molecule has 0 bridgehead atoms. The Kier molecular flexibility index (Phi) is 6.88. The van der Waals surface area contributed by atoms with Crippen LogP contribution in [0.4, 0.5) is 0 Å². The molecule has 2 amide bonds. The number of ether oxygens (including phenoxy) is 1. The first-order chi connectivity index (χ1) is 14.1. The van der Waals surface area contributed by atoms with Crippen molar-refractivity contribution in [3.63, 3.8) is 0 Å². The number of halogens is 1. The van der Waals surface area contributed by atoms with E-state index in [1.165, 1.54) is 6.08 Å². The molecule has 0 aromatic heterocycles. The van der Waals surface area contributed by atoms with E-state index in [9.17, 15) is 9.59 Å². The quantitative estimate of drug-likeness (QED) is 0.711. The highest BCUT2D eigenvalue weighted by molar-refractivity contribution is 6.30. The number of carbonyl (C=O) groups is 2. The number of hydrogen-bond acceptors (Lipinski definition) is 4. The van der Waals surface area contributed by atoms with Crippen LogP contribution >= 0.6 is 11.6 Å². The van der Waals surface area contributed by atoms with Gasteiger partial charge in [-0.1, -0.05) is 29.8 Å². The van der Waals surface area contributed by atoms with E-state index in [1.807, 2.05) is 6.07 Å². The Labute approximate surface area is 174 Å². The first kappa shape index (κ1) is 20.4. The fraction of sp³-hybridized carbons (Fsp3) is 0.227. The molecule has 3 rings (SSSR count). The minimum absolute atomic E-state index is 0.0551. The zero-order chi connectivity index (χ0) is 20.6. The summed E-state index contributed by atoms with van der Waals surface area (Å²) in [7, 11) is 0. The minimum Gasteiger partial charge on any atom is -0.484 e. The molecular weight excluding hydrogens is 390 g/mol. The summed E-state index contributed by atoms with van der Waals surface area (Å²) in [5, 5.41) is 9.72. The Hall–Kier alpha value is -3.30. The summed E-state index contributed by atoms with van der Waals surface area (Å²) in [4.78, 5) is 28.1. The van der Waals surface area contributed by atoms with Crippen molar-refractivity contribution >= 4 is 29.5 Å². The highest BCUT2D eigenvalue weighted by Gasteiger charge is 2.23. The van der Waals surface area contributed by atoms with Crippen LogP contribution in [0.1, 0.15) is 11.1 Å². The number of amides is 2. The van der Waals surface area contributed by atoms with Gasteiger partial charge in [-0.2, -0.15) is 5.26 Å². The molecule has 0 unspecified atom stereocenters. The molecule has 1 heterocycles. The first-order valence-corrected chi connectivity index (χ1v) is 9.57.